The molecule has 0 saturated carbocycles. The van der Waals surface area contributed by atoms with Gasteiger partial charge in [0, 0.05) is 6.54 Å². The molecule has 136 valence electrons. The van der Waals surface area contributed by atoms with Gasteiger partial charge in [0.25, 0.3) is 5.91 Å². The first-order valence-corrected chi connectivity index (χ1v) is 8.45. The highest BCUT2D eigenvalue weighted by atomic mass is 35.5. The number of halogens is 1. The van der Waals surface area contributed by atoms with Crippen LogP contribution in [0, 0.1) is 0 Å². The number of ether oxygens (including phenoxy) is 2. The van der Waals surface area contributed by atoms with Gasteiger partial charge in [0.2, 0.25) is 0 Å². The summed E-state index contributed by atoms with van der Waals surface area (Å²) in [7, 11) is 0. The van der Waals surface area contributed by atoms with Crippen LogP contribution < -0.4 is 10.1 Å². The van der Waals surface area contributed by atoms with Crippen molar-refractivity contribution in [3.05, 3.63) is 66.2 Å². The predicted octanol–water partition coefficient (Wildman–Crippen LogP) is 3.62. The molecule has 0 radical (unpaired) electrons. The molecule has 1 amide bonds. The number of amides is 1. The molecule has 2 aromatic rings. The van der Waals surface area contributed by atoms with Gasteiger partial charge in [0.1, 0.15) is 5.75 Å². The molecule has 0 aliphatic heterocycles. The van der Waals surface area contributed by atoms with Crippen molar-refractivity contribution in [2.45, 2.75) is 13.0 Å². The van der Waals surface area contributed by atoms with Gasteiger partial charge in [-0.2, -0.15) is 0 Å². The van der Waals surface area contributed by atoms with Crippen molar-refractivity contribution in [2.24, 2.45) is 0 Å². The Morgan fingerprint density at radius 2 is 1.92 bits per heavy atom. The first kappa shape index (κ1) is 19.5. The van der Waals surface area contributed by atoms with Crippen LogP contribution in [-0.2, 0) is 14.3 Å². The van der Waals surface area contributed by atoms with Gasteiger partial charge < -0.3 is 14.8 Å². The van der Waals surface area contributed by atoms with E-state index in [1.54, 1.807) is 12.1 Å². The Balaban J connectivity index is 1.90. The largest absolute Gasteiger partial charge is 0.480 e. The van der Waals surface area contributed by atoms with Crippen LogP contribution in [0.15, 0.2) is 61.2 Å². The minimum Gasteiger partial charge on any atom is -0.480 e. The van der Waals surface area contributed by atoms with Gasteiger partial charge in [-0.15, -0.1) is 6.58 Å². The summed E-state index contributed by atoms with van der Waals surface area (Å²) in [6, 6.07) is 15.1. The van der Waals surface area contributed by atoms with Crippen LogP contribution in [0.5, 0.6) is 5.75 Å². The second-order valence-corrected chi connectivity index (χ2v) is 5.87. The van der Waals surface area contributed by atoms with E-state index in [9.17, 15) is 9.59 Å². The maximum absolute atomic E-state index is 11.8. The lowest BCUT2D eigenvalue weighted by Gasteiger charge is -2.14. The summed E-state index contributed by atoms with van der Waals surface area (Å²) in [6.45, 7) is 4.94. The van der Waals surface area contributed by atoms with Crippen molar-refractivity contribution in [3.63, 3.8) is 0 Å². The molecule has 0 bridgehead atoms. The van der Waals surface area contributed by atoms with E-state index in [0.717, 1.165) is 11.1 Å². The Hall–Kier alpha value is -2.79. The first-order valence-electron chi connectivity index (χ1n) is 8.07. The standard InChI is InChI=1S/C20H20ClNO4/c1-3-11-22-20(24)14(2)26-19(23)13-25-18-10-9-16(12-17(18)21)15-7-5-4-6-8-15/h3-10,12,14H,1,11,13H2,2H3,(H,22,24)/t14-/m1/s1. The third-order valence-electron chi connectivity index (χ3n) is 3.48. The van der Waals surface area contributed by atoms with Gasteiger partial charge in [-0.3, -0.25) is 4.79 Å². The summed E-state index contributed by atoms with van der Waals surface area (Å²) in [5, 5.41) is 2.93. The van der Waals surface area contributed by atoms with Crippen LogP contribution in [0.25, 0.3) is 11.1 Å². The maximum atomic E-state index is 11.8. The number of carbonyl (C=O) groups excluding carboxylic acids is 2. The third-order valence-corrected chi connectivity index (χ3v) is 3.78. The number of esters is 1. The molecule has 0 aliphatic rings. The number of hydrogen-bond donors (Lipinski definition) is 1. The molecule has 1 N–H and O–H groups in total. The van der Waals surface area contributed by atoms with Crippen molar-refractivity contribution >= 4 is 23.5 Å². The minimum absolute atomic E-state index is 0.306. The Bertz CT molecular complexity index is 777. The van der Waals surface area contributed by atoms with Gasteiger partial charge in [0.05, 0.1) is 5.02 Å². The summed E-state index contributed by atoms with van der Waals surface area (Å²) >= 11 is 6.23. The molecule has 0 spiro atoms. The van der Waals surface area contributed by atoms with Crippen LogP contribution in [0.1, 0.15) is 6.92 Å². The van der Waals surface area contributed by atoms with Crippen LogP contribution in [0.4, 0.5) is 0 Å². The fraction of sp³-hybridized carbons (Fsp3) is 0.200. The van der Waals surface area contributed by atoms with Crippen molar-refractivity contribution in [3.8, 4) is 16.9 Å². The Labute approximate surface area is 157 Å². The molecule has 0 unspecified atom stereocenters. The summed E-state index contributed by atoms with van der Waals surface area (Å²) in [4.78, 5) is 23.5. The smallest absolute Gasteiger partial charge is 0.344 e. The van der Waals surface area contributed by atoms with E-state index in [1.165, 1.54) is 13.0 Å². The van der Waals surface area contributed by atoms with E-state index in [0.29, 0.717) is 17.3 Å². The molecule has 0 aliphatic carbocycles. The number of nitrogens with one attached hydrogen (secondary N) is 1. The first-order chi connectivity index (χ1) is 12.5. The van der Waals surface area contributed by atoms with Gasteiger partial charge in [-0.1, -0.05) is 54.1 Å². The Kier molecular flexibility index (Phi) is 7.24. The van der Waals surface area contributed by atoms with Gasteiger partial charge in [0.15, 0.2) is 12.7 Å². The lowest BCUT2D eigenvalue weighted by molar-refractivity contribution is -0.156. The molecular weight excluding hydrogens is 354 g/mol. The lowest BCUT2D eigenvalue weighted by Crippen LogP contribution is -2.36. The average molecular weight is 374 g/mol. The lowest BCUT2D eigenvalue weighted by atomic mass is 10.1. The fourth-order valence-corrected chi connectivity index (χ4v) is 2.40. The zero-order valence-electron chi connectivity index (χ0n) is 14.4. The zero-order valence-corrected chi connectivity index (χ0v) is 15.2. The van der Waals surface area contributed by atoms with Crippen LogP contribution in [0.3, 0.4) is 0 Å². The summed E-state index contributed by atoms with van der Waals surface area (Å²) in [6.07, 6.45) is 0.624. The van der Waals surface area contributed by atoms with Gasteiger partial charge in [-0.05, 0) is 30.2 Å². The highest BCUT2D eigenvalue weighted by Gasteiger charge is 2.17. The Morgan fingerprint density at radius 1 is 1.19 bits per heavy atom. The predicted molar refractivity (Wildman–Crippen MR) is 101 cm³/mol. The van der Waals surface area contributed by atoms with E-state index < -0.39 is 18.0 Å². The molecule has 2 aromatic carbocycles. The second kappa shape index (κ2) is 9.63. The topological polar surface area (TPSA) is 64.6 Å². The summed E-state index contributed by atoms with van der Waals surface area (Å²) < 4.78 is 10.4. The number of carbonyl (C=O) groups is 2. The van der Waals surface area contributed by atoms with E-state index in [2.05, 4.69) is 11.9 Å². The van der Waals surface area contributed by atoms with Gasteiger partial charge in [-0.25, -0.2) is 4.79 Å². The average Bonchev–Trinajstić information content (AvgIpc) is 2.65. The number of benzene rings is 2. The second-order valence-electron chi connectivity index (χ2n) is 5.47. The molecule has 0 saturated heterocycles. The van der Waals surface area contributed by atoms with E-state index in [-0.39, 0.29) is 6.61 Å². The normalized spacial score (nSPS) is 11.3. The van der Waals surface area contributed by atoms with E-state index in [1.807, 2.05) is 36.4 Å². The highest BCUT2D eigenvalue weighted by Crippen LogP contribution is 2.30. The van der Waals surface area contributed by atoms with Crippen molar-refractivity contribution in [1.82, 2.24) is 5.32 Å². The van der Waals surface area contributed by atoms with Gasteiger partial charge >= 0.3 is 5.97 Å². The molecule has 2 rings (SSSR count). The molecule has 26 heavy (non-hydrogen) atoms. The Morgan fingerprint density at radius 3 is 2.58 bits per heavy atom. The molecule has 0 aromatic heterocycles. The molecule has 0 heterocycles. The van der Waals surface area contributed by atoms with Crippen LogP contribution in [0.2, 0.25) is 5.02 Å². The van der Waals surface area contributed by atoms with Crippen LogP contribution in [-0.4, -0.2) is 31.1 Å². The zero-order chi connectivity index (χ0) is 18.9. The minimum atomic E-state index is -0.915. The maximum Gasteiger partial charge on any atom is 0.344 e. The van der Waals surface area contributed by atoms with Crippen LogP contribution >= 0.6 is 11.6 Å². The summed E-state index contributed by atoms with van der Waals surface area (Å²) in [5.74, 6) is -0.690. The monoisotopic (exact) mass is 373 g/mol. The SMILES string of the molecule is C=CCNC(=O)[C@@H](C)OC(=O)COc1ccc(-c2ccccc2)cc1Cl. The summed E-state index contributed by atoms with van der Waals surface area (Å²) in [5.41, 5.74) is 1.97. The number of hydrogen-bond acceptors (Lipinski definition) is 4. The number of rotatable bonds is 8. The molecule has 5 nitrogen and oxygen atoms in total. The molecule has 1 atom stereocenters. The molecule has 6 heteroatoms. The quantitative estimate of drug-likeness (QED) is 0.567. The third kappa shape index (κ3) is 5.63. The van der Waals surface area contributed by atoms with E-state index in [4.69, 9.17) is 21.1 Å². The van der Waals surface area contributed by atoms with E-state index >= 15 is 0 Å². The fourth-order valence-electron chi connectivity index (χ4n) is 2.17. The highest BCUT2D eigenvalue weighted by molar-refractivity contribution is 6.32. The molecule has 0 fully saturated rings. The molecular formula is C20H20ClNO4. The van der Waals surface area contributed by atoms with Crippen molar-refractivity contribution < 1.29 is 19.1 Å². The van der Waals surface area contributed by atoms with Crippen molar-refractivity contribution in [2.75, 3.05) is 13.2 Å². The van der Waals surface area contributed by atoms with Crippen molar-refractivity contribution in [1.29, 1.82) is 0 Å².